The van der Waals surface area contributed by atoms with Gasteiger partial charge in [0.15, 0.2) is 0 Å². The van der Waals surface area contributed by atoms with Crippen LogP contribution < -0.4 is 10.2 Å². The Morgan fingerprint density at radius 2 is 2.00 bits per heavy atom. The van der Waals surface area contributed by atoms with Crippen LogP contribution in [0.5, 0.6) is 0 Å². The molecule has 2 N–H and O–H groups in total. The number of anilines is 2. The Hall–Kier alpha value is -2.94. The van der Waals surface area contributed by atoms with Crippen molar-refractivity contribution in [2.45, 2.75) is 38.8 Å². The lowest BCUT2D eigenvalue weighted by molar-refractivity contribution is 0.146. The minimum Gasteiger partial charge on any atom is -0.391 e. The van der Waals surface area contributed by atoms with Gasteiger partial charge in [-0.05, 0) is 26.3 Å². The van der Waals surface area contributed by atoms with Crippen LogP contribution >= 0.6 is 0 Å². The maximum atomic E-state index is 14.6. The zero-order valence-corrected chi connectivity index (χ0v) is 16.6. The van der Waals surface area contributed by atoms with Gasteiger partial charge in [-0.3, -0.25) is 0 Å². The number of benzene rings is 1. The minimum atomic E-state index is -2.89. The largest absolute Gasteiger partial charge is 0.391 e. The van der Waals surface area contributed by atoms with Gasteiger partial charge in [0.25, 0.3) is 6.43 Å². The Balaban J connectivity index is 1.70. The molecule has 1 fully saturated rings. The summed E-state index contributed by atoms with van der Waals surface area (Å²) in [5, 5.41) is 13.6. The highest BCUT2D eigenvalue weighted by atomic mass is 19.3. The number of nitrogens with zero attached hydrogens (tertiary/aromatic N) is 4. The van der Waals surface area contributed by atoms with E-state index in [1.807, 2.05) is 11.0 Å². The molecule has 30 heavy (non-hydrogen) atoms. The molecule has 6 nitrogen and oxygen atoms in total. The lowest BCUT2D eigenvalue weighted by atomic mass is 10.0. The third-order valence-corrected chi connectivity index (χ3v) is 5.28. The SMILES string of the molecule is Cc1nc(N[C@H](C)c2cccc(C(F)F)c2F)c2cc(N3CC[C@H](O)C3)ncc2n1. The van der Waals surface area contributed by atoms with Crippen LogP contribution in [0.4, 0.5) is 24.8 Å². The highest BCUT2D eigenvalue weighted by molar-refractivity contribution is 5.90. The van der Waals surface area contributed by atoms with Crippen molar-refractivity contribution in [1.82, 2.24) is 15.0 Å². The van der Waals surface area contributed by atoms with Crippen molar-refractivity contribution in [2.75, 3.05) is 23.3 Å². The Kier molecular flexibility index (Phi) is 5.46. The monoisotopic (exact) mass is 417 g/mol. The summed E-state index contributed by atoms with van der Waals surface area (Å²) in [4.78, 5) is 15.3. The Bertz CT molecular complexity index is 1080. The number of hydrogen-bond acceptors (Lipinski definition) is 6. The molecule has 158 valence electrons. The maximum absolute atomic E-state index is 14.6. The van der Waals surface area contributed by atoms with E-state index in [1.54, 1.807) is 20.0 Å². The molecule has 0 radical (unpaired) electrons. The Morgan fingerprint density at radius 3 is 2.70 bits per heavy atom. The van der Waals surface area contributed by atoms with Gasteiger partial charge in [-0.25, -0.2) is 28.1 Å². The molecule has 0 unspecified atom stereocenters. The van der Waals surface area contributed by atoms with E-state index in [-0.39, 0.29) is 11.7 Å². The highest BCUT2D eigenvalue weighted by Crippen LogP contribution is 2.31. The van der Waals surface area contributed by atoms with Gasteiger partial charge in [-0.2, -0.15) is 0 Å². The molecule has 0 aliphatic carbocycles. The third kappa shape index (κ3) is 3.89. The first-order valence-electron chi connectivity index (χ1n) is 9.74. The maximum Gasteiger partial charge on any atom is 0.266 e. The number of pyridine rings is 1. The number of halogens is 3. The summed E-state index contributed by atoms with van der Waals surface area (Å²) in [6.07, 6.45) is -0.965. The first-order chi connectivity index (χ1) is 14.3. The van der Waals surface area contributed by atoms with E-state index in [4.69, 9.17) is 0 Å². The fraction of sp³-hybridized carbons (Fsp3) is 0.381. The molecular formula is C21H22F3N5O. The smallest absolute Gasteiger partial charge is 0.266 e. The summed E-state index contributed by atoms with van der Waals surface area (Å²) in [6, 6.07) is 5.21. The van der Waals surface area contributed by atoms with Crippen LogP contribution in [0.1, 0.15) is 42.8 Å². The molecular weight excluding hydrogens is 395 g/mol. The lowest BCUT2D eigenvalue weighted by Crippen LogP contribution is -2.22. The average molecular weight is 417 g/mol. The third-order valence-electron chi connectivity index (χ3n) is 5.28. The molecule has 2 atom stereocenters. The molecule has 0 amide bonds. The fourth-order valence-corrected chi connectivity index (χ4v) is 3.72. The van der Waals surface area contributed by atoms with Crippen molar-refractivity contribution >= 4 is 22.5 Å². The molecule has 2 aromatic heterocycles. The first kappa shape index (κ1) is 20.3. The van der Waals surface area contributed by atoms with Gasteiger partial charge in [-0.1, -0.05) is 18.2 Å². The predicted molar refractivity (Wildman–Crippen MR) is 108 cm³/mol. The summed E-state index contributed by atoms with van der Waals surface area (Å²) in [5.74, 6) is 0.740. The van der Waals surface area contributed by atoms with Crippen molar-refractivity contribution in [1.29, 1.82) is 0 Å². The number of fused-ring (bicyclic) bond motifs is 1. The normalized spacial score (nSPS) is 17.7. The van der Waals surface area contributed by atoms with E-state index < -0.39 is 23.8 Å². The molecule has 1 aromatic carbocycles. The van der Waals surface area contributed by atoms with Crippen LogP contribution in [0.15, 0.2) is 30.5 Å². The van der Waals surface area contributed by atoms with Gasteiger partial charge >= 0.3 is 0 Å². The number of β-amino-alcohol motifs (C(OH)–C–C–N with tert-alkyl or cyclic N) is 1. The van der Waals surface area contributed by atoms with Crippen LogP contribution in [0.25, 0.3) is 10.9 Å². The number of aliphatic hydroxyl groups excluding tert-OH is 1. The van der Waals surface area contributed by atoms with Crippen LogP contribution in [0.3, 0.4) is 0 Å². The number of nitrogens with one attached hydrogen (secondary N) is 1. The molecule has 0 saturated carbocycles. The van der Waals surface area contributed by atoms with Gasteiger partial charge in [0.05, 0.1) is 29.4 Å². The van der Waals surface area contributed by atoms with Gasteiger partial charge < -0.3 is 15.3 Å². The summed E-state index contributed by atoms with van der Waals surface area (Å²) in [7, 11) is 0. The molecule has 9 heteroatoms. The van der Waals surface area contributed by atoms with Gasteiger partial charge in [0, 0.05) is 24.0 Å². The standard InChI is InChI=1S/C21H22F3N5O/c1-11(14-4-3-5-15(19(14)22)20(23)24)26-21-16-8-18(29-7-6-13(30)10-29)25-9-17(16)27-12(2)28-21/h3-5,8-9,11,13,20,30H,6-7,10H2,1-2H3,(H,26,27,28)/t11-,13+/m1/s1. The predicted octanol–water partition coefficient (Wildman–Crippen LogP) is 4.15. The molecule has 1 aliphatic heterocycles. The van der Waals surface area contributed by atoms with Crippen molar-refractivity contribution in [2.24, 2.45) is 0 Å². The van der Waals surface area contributed by atoms with Crippen molar-refractivity contribution in [3.05, 3.63) is 53.2 Å². The molecule has 4 rings (SSSR count). The van der Waals surface area contributed by atoms with Gasteiger partial charge in [0.1, 0.15) is 23.3 Å². The summed E-state index contributed by atoms with van der Waals surface area (Å²) in [6.45, 7) is 4.61. The molecule has 3 aromatic rings. The van der Waals surface area contributed by atoms with Crippen LogP contribution in [0.2, 0.25) is 0 Å². The highest BCUT2D eigenvalue weighted by Gasteiger charge is 2.23. The second kappa shape index (κ2) is 8.06. The average Bonchev–Trinajstić information content (AvgIpc) is 3.13. The van der Waals surface area contributed by atoms with Crippen molar-refractivity contribution in [3.8, 4) is 0 Å². The summed E-state index contributed by atoms with van der Waals surface area (Å²) < 4.78 is 40.7. The fourth-order valence-electron chi connectivity index (χ4n) is 3.72. The van der Waals surface area contributed by atoms with E-state index in [2.05, 4.69) is 20.3 Å². The lowest BCUT2D eigenvalue weighted by Gasteiger charge is -2.20. The van der Waals surface area contributed by atoms with E-state index >= 15 is 0 Å². The van der Waals surface area contributed by atoms with Crippen LogP contribution in [0, 0.1) is 12.7 Å². The van der Waals surface area contributed by atoms with Crippen LogP contribution in [-0.2, 0) is 0 Å². The summed E-state index contributed by atoms with van der Waals surface area (Å²) in [5.41, 5.74) is 0.126. The van der Waals surface area contributed by atoms with Crippen LogP contribution in [-0.4, -0.2) is 39.3 Å². The van der Waals surface area contributed by atoms with Crippen molar-refractivity contribution in [3.63, 3.8) is 0 Å². The second-order valence-electron chi connectivity index (χ2n) is 7.48. The molecule has 3 heterocycles. The van der Waals surface area contributed by atoms with Gasteiger partial charge in [0.2, 0.25) is 0 Å². The van der Waals surface area contributed by atoms with E-state index in [9.17, 15) is 18.3 Å². The zero-order valence-electron chi connectivity index (χ0n) is 16.6. The van der Waals surface area contributed by atoms with Crippen molar-refractivity contribution < 1.29 is 18.3 Å². The zero-order chi connectivity index (χ0) is 21.4. The molecule has 1 aliphatic rings. The molecule has 0 bridgehead atoms. The number of aliphatic hydroxyl groups is 1. The Labute approximate surface area is 171 Å². The van der Waals surface area contributed by atoms with Gasteiger partial charge in [-0.15, -0.1) is 0 Å². The summed E-state index contributed by atoms with van der Waals surface area (Å²) >= 11 is 0. The number of rotatable bonds is 5. The number of hydrogen-bond donors (Lipinski definition) is 2. The van der Waals surface area contributed by atoms with E-state index in [0.717, 1.165) is 6.07 Å². The quantitative estimate of drug-likeness (QED) is 0.650. The Morgan fingerprint density at radius 1 is 1.23 bits per heavy atom. The molecule has 1 saturated heterocycles. The first-order valence-corrected chi connectivity index (χ1v) is 9.74. The number of aromatic nitrogens is 3. The second-order valence-corrected chi connectivity index (χ2v) is 7.48. The number of aryl methyl sites for hydroxylation is 1. The van der Waals surface area contributed by atoms with E-state index in [0.29, 0.717) is 47.9 Å². The topological polar surface area (TPSA) is 74.2 Å². The molecule has 0 spiro atoms. The van der Waals surface area contributed by atoms with E-state index in [1.165, 1.54) is 12.1 Å². The minimum absolute atomic E-state index is 0.133. The number of alkyl halides is 2.